The summed E-state index contributed by atoms with van der Waals surface area (Å²) < 4.78 is 0. The molecule has 0 radical (unpaired) electrons. The van der Waals surface area contributed by atoms with E-state index in [4.69, 9.17) is 0 Å². The molecule has 0 aromatic heterocycles. The van der Waals surface area contributed by atoms with E-state index in [2.05, 4.69) is 170 Å². The van der Waals surface area contributed by atoms with Crippen LogP contribution in [0.25, 0.3) is 76.5 Å². The van der Waals surface area contributed by atoms with Crippen molar-refractivity contribution in [3.63, 3.8) is 0 Å². The first-order valence-corrected chi connectivity index (χ1v) is 16.8. The van der Waals surface area contributed by atoms with Gasteiger partial charge >= 0.3 is 0 Å². The molecule has 0 saturated heterocycles. The van der Waals surface area contributed by atoms with Crippen LogP contribution < -0.4 is 10.4 Å². The molecule has 0 N–H and O–H groups in total. The zero-order chi connectivity index (χ0) is 31.3. The maximum atomic E-state index is 2.51. The molecule has 0 fully saturated rings. The molecule has 0 aliphatic heterocycles. The van der Waals surface area contributed by atoms with Crippen LogP contribution >= 0.6 is 0 Å². The second-order valence-corrected chi connectivity index (χ2v) is 13.2. The highest BCUT2D eigenvalue weighted by atomic mass is 14.3. The van der Waals surface area contributed by atoms with Crippen molar-refractivity contribution in [3.05, 3.63) is 203 Å². The topological polar surface area (TPSA) is 0 Å². The van der Waals surface area contributed by atoms with Gasteiger partial charge in [-0.15, -0.1) is 0 Å². The summed E-state index contributed by atoms with van der Waals surface area (Å²) in [6.07, 6.45) is 0. The Morgan fingerprint density at radius 2 is 0.521 bits per heavy atom. The molecule has 2 aliphatic carbocycles. The first-order valence-electron chi connectivity index (χ1n) is 16.8. The van der Waals surface area contributed by atoms with Crippen molar-refractivity contribution in [1.82, 2.24) is 0 Å². The van der Waals surface area contributed by atoms with E-state index in [1.54, 1.807) is 0 Å². The molecule has 0 heteroatoms. The third-order valence-corrected chi connectivity index (χ3v) is 10.7. The molecule has 0 bridgehead atoms. The Kier molecular flexibility index (Phi) is 5.20. The minimum atomic E-state index is 1.27. The zero-order valence-electron chi connectivity index (χ0n) is 26.2. The summed E-state index contributed by atoms with van der Waals surface area (Å²) in [4.78, 5) is 0. The molecule has 0 spiro atoms. The Bertz CT molecular complexity index is 2680. The molecule has 0 nitrogen and oxygen atoms in total. The van der Waals surface area contributed by atoms with Crippen LogP contribution in [0.2, 0.25) is 0 Å². The minimum Gasteiger partial charge on any atom is -0.0616 e. The summed E-state index contributed by atoms with van der Waals surface area (Å²) in [5, 5.41) is 12.9. The number of rotatable bonds is 2. The van der Waals surface area contributed by atoms with Gasteiger partial charge in [-0.05, 0) is 133 Å². The first kappa shape index (κ1) is 25.9. The first-order chi connectivity index (χ1) is 23.8. The van der Waals surface area contributed by atoms with Gasteiger partial charge in [-0.1, -0.05) is 146 Å². The summed E-state index contributed by atoms with van der Waals surface area (Å²) >= 11 is 0. The zero-order valence-corrected chi connectivity index (χ0v) is 26.2. The van der Waals surface area contributed by atoms with E-state index in [1.807, 2.05) is 0 Å². The largest absolute Gasteiger partial charge is 0.0616 e. The predicted octanol–water partition coefficient (Wildman–Crippen LogP) is 10.8. The van der Waals surface area contributed by atoms with Gasteiger partial charge in [0.25, 0.3) is 0 Å². The summed E-state index contributed by atoms with van der Waals surface area (Å²) in [5.41, 5.74) is 13.2. The van der Waals surface area contributed by atoms with Crippen molar-refractivity contribution in [3.8, 4) is 22.3 Å². The predicted molar refractivity (Wildman–Crippen MR) is 203 cm³/mol. The Labute approximate surface area is 278 Å². The molecule has 0 amide bonds. The second kappa shape index (κ2) is 9.64. The maximum Gasteiger partial charge on any atom is -0.00137 e. The van der Waals surface area contributed by atoms with Crippen molar-refractivity contribution in [2.45, 2.75) is 0 Å². The minimum absolute atomic E-state index is 1.27. The van der Waals surface area contributed by atoms with E-state index in [1.165, 1.54) is 109 Å². The van der Waals surface area contributed by atoms with Gasteiger partial charge in [-0.3, -0.25) is 0 Å². The highest BCUT2D eigenvalue weighted by molar-refractivity contribution is 6.16. The summed E-state index contributed by atoms with van der Waals surface area (Å²) in [5.74, 6) is 0. The van der Waals surface area contributed by atoms with E-state index in [0.717, 1.165) is 0 Å². The van der Waals surface area contributed by atoms with E-state index in [9.17, 15) is 0 Å². The van der Waals surface area contributed by atoms with Gasteiger partial charge in [0, 0.05) is 0 Å². The maximum absolute atomic E-state index is 2.51. The fraction of sp³-hybridized carbons (Fsp3) is 0. The molecular weight excluding hydrogens is 577 g/mol. The molecule has 0 atom stereocenters. The summed E-state index contributed by atoms with van der Waals surface area (Å²) in [6, 6.07) is 63.3. The average Bonchev–Trinajstić information content (AvgIpc) is 3.63. The molecule has 9 aromatic carbocycles. The third kappa shape index (κ3) is 3.44. The molecule has 0 heterocycles. The molecular formula is C48H28. The van der Waals surface area contributed by atoms with E-state index < -0.39 is 0 Å². The lowest BCUT2D eigenvalue weighted by Crippen LogP contribution is -2.15. The molecule has 48 heavy (non-hydrogen) atoms. The fourth-order valence-corrected chi connectivity index (χ4v) is 8.73. The van der Waals surface area contributed by atoms with Crippen molar-refractivity contribution >= 4 is 54.2 Å². The molecule has 2 aliphatic rings. The smallest absolute Gasteiger partial charge is 0.00137 e. The SMILES string of the molecule is c1ccc2c(c1)C(c1c3ccccc3cc3ccccc13)=c1cc3c(cc1-2)=C(c1c2ccccc2cc2ccccc12)c1ccccc1-3. The van der Waals surface area contributed by atoms with Crippen LogP contribution in [0.3, 0.4) is 0 Å². The van der Waals surface area contributed by atoms with Gasteiger partial charge in [0.15, 0.2) is 0 Å². The monoisotopic (exact) mass is 604 g/mol. The number of fused-ring (bicyclic) bond motifs is 10. The Hall–Kier alpha value is -6.24. The van der Waals surface area contributed by atoms with Crippen LogP contribution in [-0.2, 0) is 0 Å². The van der Waals surface area contributed by atoms with Gasteiger partial charge in [-0.2, -0.15) is 0 Å². The lowest BCUT2D eigenvalue weighted by Gasteiger charge is -2.14. The Morgan fingerprint density at radius 1 is 0.229 bits per heavy atom. The lowest BCUT2D eigenvalue weighted by molar-refractivity contribution is 1.54. The van der Waals surface area contributed by atoms with Gasteiger partial charge in [-0.25, -0.2) is 0 Å². The van der Waals surface area contributed by atoms with Crippen molar-refractivity contribution in [2.75, 3.05) is 0 Å². The molecule has 220 valence electrons. The van der Waals surface area contributed by atoms with Gasteiger partial charge in [0.2, 0.25) is 0 Å². The van der Waals surface area contributed by atoms with Crippen LogP contribution in [0.15, 0.2) is 170 Å². The standard InChI is InChI=1S/C48H28/c1-5-17-33-29(13-1)25-30-14-2-6-18-34(30)45(33)47-39-23-11-9-21-37(39)41-28-44-42(27-43(41)47)38-22-10-12-24-40(38)48(44)46-35-19-7-3-15-31(35)26-32-16-4-8-20-36(32)46/h1-28H. The van der Waals surface area contributed by atoms with Crippen LogP contribution in [0.5, 0.6) is 0 Å². The Morgan fingerprint density at radius 3 is 0.875 bits per heavy atom. The second-order valence-electron chi connectivity index (χ2n) is 13.2. The highest BCUT2D eigenvalue weighted by Crippen LogP contribution is 2.45. The Balaban J connectivity index is 1.35. The van der Waals surface area contributed by atoms with Crippen molar-refractivity contribution < 1.29 is 0 Å². The summed E-state index contributed by atoms with van der Waals surface area (Å²) in [7, 11) is 0. The van der Waals surface area contributed by atoms with E-state index >= 15 is 0 Å². The van der Waals surface area contributed by atoms with Crippen LogP contribution in [-0.4, -0.2) is 0 Å². The lowest BCUT2D eigenvalue weighted by atomic mass is 9.88. The fourth-order valence-electron chi connectivity index (χ4n) is 8.73. The van der Waals surface area contributed by atoms with Crippen LogP contribution in [0.4, 0.5) is 0 Å². The van der Waals surface area contributed by atoms with Gasteiger partial charge < -0.3 is 0 Å². The van der Waals surface area contributed by atoms with Crippen LogP contribution in [0, 0.1) is 0 Å². The third-order valence-electron chi connectivity index (χ3n) is 10.7. The van der Waals surface area contributed by atoms with Gasteiger partial charge in [0.1, 0.15) is 0 Å². The molecule has 9 aromatic rings. The molecule has 11 rings (SSSR count). The van der Waals surface area contributed by atoms with E-state index in [0.29, 0.717) is 0 Å². The van der Waals surface area contributed by atoms with Crippen molar-refractivity contribution in [2.24, 2.45) is 0 Å². The molecule has 0 unspecified atom stereocenters. The quantitative estimate of drug-likeness (QED) is 0.172. The van der Waals surface area contributed by atoms with Crippen molar-refractivity contribution in [1.29, 1.82) is 0 Å². The number of hydrogen-bond donors (Lipinski definition) is 0. The highest BCUT2D eigenvalue weighted by Gasteiger charge is 2.29. The normalized spacial score (nSPS) is 12.9. The summed E-state index contributed by atoms with van der Waals surface area (Å²) in [6.45, 7) is 0. The average molecular weight is 605 g/mol. The molecule has 0 saturated carbocycles. The van der Waals surface area contributed by atoms with E-state index in [-0.39, 0.29) is 0 Å². The van der Waals surface area contributed by atoms with Crippen LogP contribution in [0.1, 0.15) is 22.3 Å². The number of hydrogen-bond acceptors (Lipinski definition) is 0. The van der Waals surface area contributed by atoms with Gasteiger partial charge in [0.05, 0.1) is 0 Å². The number of benzene rings is 9.